The molecule has 1 N–H and O–H groups in total. The van der Waals surface area contributed by atoms with Crippen LogP contribution in [-0.2, 0) is 9.68 Å². The Bertz CT molecular complexity index is 408. The van der Waals surface area contributed by atoms with E-state index in [1.54, 1.807) is 0 Å². The quantitative estimate of drug-likeness (QED) is 0.159. The van der Waals surface area contributed by atoms with Crippen LogP contribution in [0.3, 0.4) is 0 Å². The zero-order valence-corrected chi connectivity index (χ0v) is 14.7. The largest absolute Gasteiger partial charge is 0.550 e. The van der Waals surface area contributed by atoms with E-state index in [0.717, 1.165) is 19.3 Å². The summed E-state index contributed by atoms with van der Waals surface area (Å²) in [6.07, 6.45) is 23.1. The van der Waals surface area contributed by atoms with Gasteiger partial charge in [0.2, 0.25) is 0 Å². The van der Waals surface area contributed by atoms with E-state index in [9.17, 15) is 9.90 Å². The lowest BCUT2D eigenvalue weighted by atomic mass is 10.1. The first kappa shape index (κ1) is 22.4. The fourth-order valence-corrected chi connectivity index (χ4v) is 2.02. The van der Waals surface area contributed by atoms with E-state index in [-0.39, 0.29) is 12.5 Å². The minimum Gasteiger partial charge on any atom is -0.550 e. The number of carboxylic acids is 1. The first-order valence-electron chi connectivity index (χ1n) is 8.84. The topological polar surface area (TPSA) is 69.6 Å². The normalized spacial score (nSPS) is 13.8. The Labute approximate surface area is 146 Å². The molecule has 0 heterocycles. The molecule has 0 saturated heterocycles. The van der Waals surface area contributed by atoms with Crippen molar-refractivity contribution in [3.05, 3.63) is 48.6 Å². The number of carbonyl (C=O) groups excluding carboxylic acids is 1. The van der Waals surface area contributed by atoms with Crippen LogP contribution in [0.25, 0.3) is 0 Å². The van der Waals surface area contributed by atoms with Gasteiger partial charge in [-0.1, -0.05) is 68.4 Å². The van der Waals surface area contributed by atoms with Crippen molar-refractivity contribution in [2.24, 2.45) is 0 Å². The van der Waals surface area contributed by atoms with Crippen LogP contribution < -0.4 is 5.11 Å². The van der Waals surface area contributed by atoms with Crippen LogP contribution in [-0.4, -0.2) is 17.3 Å². The van der Waals surface area contributed by atoms with Gasteiger partial charge >= 0.3 is 0 Å². The number of hydrogen-bond acceptors (Lipinski definition) is 4. The number of aliphatic carboxylic acids is 1. The molecule has 0 unspecified atom stereocenters. The molecule has 0 radical (unpaired) electrons. The molecular weight excluding hydrogens is 304 g/mol. The molecule has 1 atom stereocenters. The highest BCUT2D eigenvalue weighted by molar-refractivity contribution is 5.64. The summed E-state index contributed by atoms with van der Waals surface area (Å²) in [5.74, 6) is -0.995. The average Bonchev–Trinajstić information content (AvgIpc) is 2.57. The zero-order chi connectivity index (χ0) is 17.9. The van der Waals surface area contributed by atoms with Gasteiger partial charge < -0.3 is 9.90 Å². The summed E-state index contributed by atoms with van der Waals surface area (Å²) in [5, 5.41) is 19.1. The Kier molecular flexibility index (Phi) is 16.5. The molecule has 0 rings (SSSR count). The Hall–Kier alpha value is -1.65. The molecule has 4 nitrogen and oxygen atoms in total. The van der Waals surface area contributed by atoms with Gasteiger partial charge in [-0.05, 0) is 44.9 Å². The van der Waals surface area contributed by atoms with Crippen LogP contribution in [0.2, 0.25) is 0 Å². The summed E-state index contributed by atoms with van der Waals surface area (Å²) in [7, 11) is 0. The molecule has 0 saturated carbocycles. The predicted octanol–water partition coefficient (Wildman–Crippen LogP) is 4.35. The maximum atomic E-state index is 10.2. The Morgan fingerprint density at radius 1 is 1.04 bits per heavy atom. The fraction of sp³-hybridized carbons (Fsp3) is 0.550. The van der Waals surface area contributed by atoms with Crippen LogP contribution in [0.5, 0.6) is 0 Å². The van der Waals surface area contributed by atoms with Crippen molar-refractivity contribution in [3.8, 4) is 0 Å². The average molecular weight is 335 g/mol. The molecular formula is C20H31O4-. The van der Waals surface area contributed by atoms with Crippen LogP contribution >= 0.6 is 0 Å². The maximum Gasteiger partial charge on any atom is 0.115 e. The van der Waals surface area contributed by atoms with Crippen molar-refractivity contribution in [2.75, 3.05) is 0 Å². The smallest absolute Gasteiger partial charge is 0.115 e. The van der Waals surface area contributed by atoms with E-state index in [1.807, 2.05) is 42.5 Å². The van der Waals surface area contributed by atoms with E-state index in [4.69, 9.17) is 5.26 Å². The van der Waals surface area contributed by atoms with Gasteiger partial charge in [-0.15, -0.1) is 0 Å². The van der Waals surface area contributed by atoms with Crippen molar-refractivity contribution < 1.29 is 20.0 Å². The second-order valence-electron chi connectivity index (χ2n) is 5.63. The highest BCUT2D eigenvalue weighted by Crippen LogP contribution is 2.04. The third kappa shape index (κ3) is 16.7. The van der Waals surface area contributed by atoms with Gasteiger partial charge in [-0.2, -0.15) is 0 Å². The van der Waals surface area contributed by atoms with Gasteiger partial charge in [0.15, 0.2) is 0 Å². The molecule has 0 aliphatic heterocycles. The van der Waals surface area contributed by atoms with Gasteiger partial charge in [0.1, 0.15) is 6.10 Å². The lowest BCUT2D eigenvalue weighted by molar-refractivity contribution is -0.305. The van der Waals surface area contributed by atoms with Crippen LogP contribution in [0.1, 0.15) is 64.7 Å². The molecule has 0 aliphatic carbocycles. The number of unbranched alkanes of at least 4 members (excludes halogenated alkanes) is 4. The minimum atomic E-state index is -0.995. The Balaban J connectivity index is 3.79. The van der Waals surface area contributed by atoms with Gasteiger partial charge in [-0.3, -0.25) is 5.26 Å². The molecule has 0 aromatic carbocycles. The van der Waals surface area contributed by atoms with Gasteiger partial charge in [0.05, 0.1) is 0 Å². The second-order valence-corrected chi connectivity index (χ2v) is 5.63. The molecule has 0 bridgehead atoms. The summed E-state index contributed by atoms with van der Waals surface area (Å²) in [6.45, 7) is 2.19. The Morgan fingerprint density at radius 2 is 1.79 bits per heavy atom. The highest BCUT2D eigenvalue weighted by atomic mass is 17.1. The molecule has 0 aliphatic rings. The number of rotatable bonds is 15. The molecule has 4 heteroatoms. The number of allylic oxidation sites excluding steroid dienone is 6. The molecule has 0 spiro atoms. The molecule has 24 heavy (non-hydrogen) atoms. The SMILES string of the molecule is CCCCC/C=C\C[C@@H](/C=C/C=C\C/C=C\CCCC(=O)[O-])OO. The second kappa shape index (κ2) is 17.7. The van der Waals surface area contributed by atoms with Gasteiger partial charge in [0, 0.05) is 5.97 Å². The third-order valence-electron chi connectivity index (χ3n) is 3.41. The monoisotopic (exact) mass is 335 g/mol. The van der Waals surface area contributed by atoms with Crippen molar-refractivity contribution in [1.82, 2.24) is 0 Å². The van der Waals surface area contributed by atoms with Crippen molar-refractivity contribution in [3.63, 3.8) is 0 Å². The van der Waals surface area contributed by atoms with E-state index in [1.165, 1.54) is 19.3 Å². The molecule has 0 fully saturated rings. The number of carboxylic acid groups (broad SMARTS) is 1. The summed E-state index contributed by atoms with van der Waals surface area (Å²) in [6, 6.07) is 0. The predicted molar refractivity (Wildman–Crippen MR) is 96.3 cm³/mol. The van der Waals surface area contributed by atoms with Crippen LogP contribution in [0.4, 0.5) is 0 Å². The van der Waals surface area contributed by atoms with Gasteiger partial charge in [-0.25, -0.2) is 4.89 Å². The lowest BCUT2D eigenvalue weighted by Crippen LogP contribution is -2.21. The maximum absolute atomic E-state index is 10.2. The number of carbonyl (C=O) groups is 1. The molecule has 136 valence electrons. The van der Waals surface area contributed by atoms with Crippen LogP contribution in [0, 0.1) is 0 Å². The van der Waals surface area contributed by atoms with Crippen molar-refractivity contribution in [1.29, 1.82) is 0 Å². The van der Waals surface area contributed by atoms with E-state index in [0.29, 0.717) is 12.8 Å². The lowest BCUT2D eigenvalue weighted by Gasteiger charge is -2.04. The standard InChI is InChI=1S/C20H32O4/c1-2-3-4-5-10-13-16-19(24-23)17-14-11-8-6-7-9-12-15-18-20(21)22/h7-11,13-14,17,19,23H,2-6,12,15-16,18H2,1H3,(H,21,22)/p-1/b9-7-,11-8-,13-10-,17-14+/t19-/m0/s1. The summed E-state index contributed by atoms with van der Waals surface area (Å²) in [5.41, 5.74) is 0. The minimum absolute atomic E-state index is 0.110. The van der Waals surface area contributed by atoms with E-state index >= 15 is 0 Å². The fourth-order valence-electron chi connectivity index (χ4n) is 2.02. The molecule has 0 amide bonds. The first-order chi connectivity index (χ1) is 11.7. The Morgan fingerprint density at radius 3 is 2.50 bits per heavy atom. The summed E-state index contributed by atoms with van der Waals surface area (Å²) in [4.78, 5) is 14.7. The van der Waals surface area contributed by atoms with E-state index in [2.05, 4.69) is 17.9 Å². The van der Waals surface area contributed by atoms with Gasteiger partial charge in [0.25, 0.3) is 0 Å². The van der Waals surface area contributed by atoms with Crippen molar-refractivity contribution >= 4 is 5.97 Å². The highest BCUT2D eigenvalue weighted by Gasteiger charge is 1.99. The van der Waals surface area contributed by atoms with Crippen LogP contribution in [0.15, 0.2) is 48.6 Å². The summed E-state index contributed by atoms with van der Waals surface area (Å²) < 4.78 is 0. The van der Waals surface area contributed by atoms with E-state index < -0.39 is 5.97 Å². The first-order valence-corrected chi connectivity index (χ1v) is 8.84. The molecule has 0 aromatic heterocycles. The molecule has 0 aromatic rings. The third-order valence-corrected chi connectivity index (χ3v) is 3.41. The number of hydrogen-bond donors (Lipinski definition) is 1. The zero-order valence-electron chi connectivity index (χ0n) is 14.7. The summed E-state index contributed by atoms with van der Waals surface area (Å²) >= 11 is 0. The van der Waals surface area contributed by atoms with Crippen molar-refractivity contribution in [2.45, 2.75) is 70.8 Å².